The van der Waals surface area contributed by atoms with Crippen molar-refractivity contribution in [2.24, 2.45) is 0 Å². The quantitative estimate of drug-likeness (QED) is 0.837. The Kier molecular flexibility index (Phi) is 5.71. The Labute approximate surface area is 146 Å². The molecule has 1 aromatic carbocycles. The summed E-state index contributed by atoms with van der Waals surface area (Å²) >= 11 is 0. The molecule has 1 aromatic heterocycles. The van der Waals surface area contributed by atoms with Crippen LogP contribution in [0.5, 0.6) is 0 Å². The van der Waals surface area contributed by atoms with Crippen LogP contribution in [0.4, 0.5) is 4.39 Å². The summed E-state index contributed by atoms with van der Waals surface area (Å²) in [4.78, 5) is 23.0. The molecule has 25 heavy (non-hydrogen) atoms. The normalized spacial score (nSPS) is 17.5. The van der Waals surface area contributed by atoms with Crippen LogP contribution < -0.4 is 0 Å². The van der Waals surface area contributed by atoms with Crippen molar-refractivity contribution in [2.45, 2.75) is 25.7 Å². The van der Waals surface area contributed by atoms with E-state index in [1.807, 2.05) is 17.9 Å². The minimum Gasteiger partial charge on any atom is -0.372 e. The Morgan fingerprint density at radius 3 is 2.88 bits per heavy atom. The third-order valence-corrected chi connectivity index (χ3v) is 4.40. The number of carbonyl (C=O) groups is 1. The minimum atomic E-state index is -0.282. The maximum absolute atomic E-state index is 13.1. The molecule has 0 unspecified atom stereocenters. The second kappa shape index (κ2) is 8.16. The molecule has 1 fully saturated rings. The predicted octanol–water partition coefficient (Wildman–Crippen LogP) is 3.03. The predicted molar refractivity (Wildman–Crippen MR) is 92.5 cm³/mol. The van der Waals surface area contributed by atoms with E-state index in [9.17, 15) is 9.18 Å². The molecule has 0 radical (unpaired) electrons. The molecule has 1 atom stereocenters. The van der Waals surface area contributed by atoms with Gasteiger partial charge in [-0.3, -0.25) is 4.79 Å². The lowest BCUT2D eigenvalue weighted by Gasteiger charge is -2.32. The van der Waals surface area contributed by atoms with E-state index < -0.39 is 0 Å². The lowest BCUT2D eigenvalue weighted by atomic mass is 9.94. The van der Waals surface area contributed by atoms with Gasteiger partial charge in [-0.15, -0.1) is 0 Å². The molecule has 0 saturated carbocycles. The van der Waals surface area contributed by atoms with E-state index in [0.717, 1.165) is 30.6 Å². The molecule has 0 bridgehead atoms. The smallest absolute Gasteiger partial charge is 0.248 e. The van der Waals surface area contributed by atoms with Gasteiger partial charge in [0.2, 0.25) is 5.91 Å². The van der Waals surface area contributed by atoms with Crippen molar-refractivity contribution in [3.05, 3.63) is 48.0 Å². The summed E-state index contributed by atoms with van der Waals surface area (Å²) in [6.45, 7) is 3.96. The van der Waals surface area contributed by atoms with Crippen molar-refractivity contribution < 1.29 is 13.9 Å². The largest absolute Gasteiger partial charge is 0.372 e. The molecular formula is C19H22FN3O2. The number of aromatic nitrogens is 2. The average molecular weight is 343 g/mol. The fourth-order valence-corrected chi connectivity index (χ4v) is 3.06. The van der Waals surface area contributed by atoms with Crippen LogP contribution in [0.3, 0.4) is 0 Å². The van der Waals surface area contributed by atoms with Crippen LogP contribution in [0.15, 0.2) is 36.5 Å². The molecule has 5 nitrogen and oxygen atoms in total. The van der Waals surface area contributed by atoms with E-state index >= 15 is 0 Å². The van der Waals surface area contributed by atoms with Gasteiger partial charge < -0.3 is 9.64 Å². The Balaban J connectivity index is 1.74. The highest BCUT2D eigenvalue weighted by atomic mass is 19.1. The Morgan fingerprint density at radius 2 is 2.12 bits per heavy atom. The van der Waals surface area contributed by atoms with Crippen molar-refractivity contribution in [1.29, 1.82) is 0 Å². The first-order chi connectivity index (χ1) is 12.2. The molecule has 1 amide bonds. The van der Waals surface area contributed by atoms with Gasteiger partial charge >= 0.3 is 0 Å². The minimum absolute atomic E-state index is 0.0272. The summed E-state index contributed by atoms with van der Waals surface area (Å²) in [7, 11) is 0. The van der Waals surface area contributed by atoms with Crippen LogP contribution in [-0.2, 0) is 9.53 Å². The molecule has 0 N–H and O–H groups in total. The fraction of sp³-hybridized carbons (Fsp3) is 0.421. The molecule has 0 aliphatic carbocycles. The highest BCUT2D eigenvalue weighted by Crippen LogP contribution is 2.27. The van der Waals surface area contributed by atoms with Gasteiger partial charge in [-0.25, -0.2) is 14.4 Å². The standard InChI is InChI=1S/C19H22FN3O2/c1-2-25-13-18(24)23-11-3-4-15(12-23)17-9-10-21-19(22-17)14-5-7-16(20)8-6-14/h5-10,15H,2-4,11-13H2,1H3/t15-/m1/s1. The van der Waals surface area contributed by atoms with Gasteiger partial charge in [-0.05, 0) is 50.1 Å². The van der Waals surface area contributed by atoms with Crippen molar-refractivity contribution in [3.8, 4) is 11.4 Å². The summed E-state index contributed by atoms with van der Waals surface area (Å²) < 4.78 is 18.3. The highest BCUT2D eigenvalue weighted by Gasteiger charge is 2.25. The van der Waals surface area contributed by atoms with E-state index in [2.05, 4.69) is 9.97 Å². The number of benzene rings is 1. The van der Waals surface area contributed by atoms with E-state index in [-0.39, 0.29) is 24.2 Å². The van der Waals surface area contributed by atoms with Crippen LogP contribution in [0, 0.1) is 5.82 Å². The Hall–Kier alpha value is -2.34. The number of carbonyl (C=O) groups excluding carboxylic acids is 1. The average Bonchev–Trinajstić information content (AvgIpc) is 2.67. The summed E-state index contributed by atoms with van der Waals surface area (Å²) in [5.74, 6) is 0.506. The molecular weight excluding hydrogens is 321 g/mol. The number of ether oxygens (including phenoxy) is 1. The van der Waals surface area contributed by atoms with Crippen LogP contribution in [0.1, 0.15) is 31.4 Å². The van der Waals surface area contributed by atoms with Crippen LogP contribution in [0.2, 0.25) is 0 Å². The highest BCUT2D eigenvalue weighted by molar-refractivity contribution is 5.77. The summed E-state index contributed by atoms with van der Waals surface area (Å²) in [5.41, 5.74) is 1.70. The van der Waals surface area contributed by atoms with E-state index in [1.54, 1.807) is 18.3 Å². The topological polar surface area (TPSA) is 55.3 Å². The molecule has 1 aliphatic heterocycles. The Bertz CT molecular complexity index is 721. The number of likely N-dealkylation sites (tertiary alicyclic amines) is 1. The van der Waals surface area contributed by atoms with Gasteiger partial charge in [0.1, 0.15) is 12.4 Å². The second-order valence-electron chi connectivity index (χ2n) is 6.13. The monoisotopic (exact) mass is 343 g/mol. The summed E-state index contributed by atoms with van der Waals surface area (Å²) in [6.07, 6.45) is 3.65. The number of piperidine rings is 1. The van der Waals surface area contributed by atoms with Gasteiger partial charge in [0.05, 0.1) is 0 Å². The van der Waals surface area contributed by atoms with E-state index in [1.165, 1.54) is 12.1 Å². The van der Waals surface area contributed by atoms with Crippen molar-refractivity contribution >= 4 is 5.91 Å². The molecule has 132 valence electrons. The van der Waals surface area contributed by atoms with Gasteiger partial charge in [0.25, 0.3) is 0 Å². The number of hydrogen-bond acceptors (Lipinski definition) is 4. The first kappa shape index (κ1) is 17.5. The Morgan fingerprint density at radius 1 is 1.32 bits per heavy atom. The number of rotatable bonds is 5. The number of hydrogen-bond donors (Lipinski definition) is 0. The third kappa shape index (κ3) is 4.39. The van der Waals surface area contributed by atoms with Gasteiger partial charge in [0.15, 0.2) is 5.82 Å². The van der Waals surface area contributed by atoms with Gasteiger partial charge in [-0.2, -0.15) is 0 Å². The van der Waals surface area contributed by atoms with Crippen molar-refractivity contribution in [2.75, 3.05) is 26.3 Å². The molecule has 3 rings (SSSR count). The van der Waals surface area contributed by atoms with Crippen LogP contribution in [0.25, 0.3) is 11.4 Å². The number of nitrogens with zero attached hydrogens (tertiary/aromatic N) is 3. The zero-order valence-corrected chi connectivity index (χ0v) is 14.3. The fourth-order valence-electron chi connectivity index (χ4n) is 3.06. The number of amides is 1. The van der Waals surface area contributed by atoms with Crippen LogP contribution >= 0.6 is 0 Å². The van der Waals surface area contributed by atoms with Crippen molar-refractivity contribution in [1.82, 2.24) is 14.9 Å². The molecule has 6 heteroatoms. The SMILES string of the molecule is CCOCC(=O)N1CCC[C@@H](c2ccnc(-c3ccc(F)cc3)n2)C1. The van der Waals surface area contributed by atoms with Crippen LogP contribution in [-0.4, -0.2) is 47.1 Å². The third-order valence-electron chi connectivity index (χ3n) is 4.40. The zero-order valence-electron chi connectivity index (χ0n) is 14.3. The first-order valence-corrected chi connectivity index (χ1v) is 8.61. The number of halogens is 1. The lowest BCUT2D eigenvalue weighted by molar-refractivity contribution is -0.137. The molecule has 2 aromatic rings. The molecule has 2 heterocycles. The zero-order chi connectivity index (χ0) is 17.6. The lowest BCUT2D eigenvalue weighted by Crippen LogP contribution is -2.41. The van der Waals surface area contributed by atoms with E-state index in [4.69, 9.17) is 4.74 Å². The van der Waals surface area contributed by atoms with Gasteiger partial charge in [0, 0.05) is 43.1 Å². The van der Waals surface area contributed by atoms with Crippen molar-refractivity contribution in [3.63, 3.8) is 0 Å². The second-order valence-corrected chi connectivity index (χ2v) is 6.13. The first-order valence-electron chi connectivity index (χ1n) is 8.61. The molecule has 0 spiro atoms. The van der Waals surface area contributed by atoms with E-state index in [0.29, 0.717) is 19.0 Å². The maximum atomic E-state index is 13.1. The summed E-state index contributed by atoms with van der Waals surface area (Å²) in [6, 6.07) is 8.05. The maximum Gasteiger partial charge on any atom is 0.248 e. The molecule has 1 aliphatic rings. The molecule has 1 saturated heterocycles. The summed E-state index contributed by atoms with van der Waals surface area (Å²) in [5, 5.41) is 0. The van der Waals surface area contributed by atoms with Gasteiger partial charge in [-0.1, -0.05) is 0 Å².